The first-order chi connectivity index (χ1) is 8.90. The number of halogens is 2. The van der Waals surface area contributed by atoms with Crippen LogP contribution in [-0.4, -0.2) is 8.42 Å². The molecule has 0 amide bonds. The molecule has 100 valence electrons. The number of rotatable bonds is 3. The molecule has 19 heavy (non-hydrogen) atoms. The minimum Gasteiger partial charge on any atom is -0.279 e. The summed E-state index contributed by atoms with van der Waals surface area (Å²) in [7, 11) is -4.07. The van der Waals surface area contributed by atoms with E-state index >= 15 is 0 Å². The standard InChI is InChI=1S/C13H11F2NO2S/c1-9-6-7-10(8-12(9)15)16-19(17,18)13-5-3-2-4-11(13)14/h2-8,16H,1H3. The highest BCUT2D eigenvalue weighted by atomic mass is 32.2. The zero-order valence-electron chi connectivity index (χ0n) is 10.0. The van der Waals surface area contributed by atoms with Crippen LogP contribution in [0.15, 0.2) is 47.4 Å². The van der Waals surface area contributed by atoms with Gasteiger partial charge in [-0.05, 0) is 36.8 Å². The third-order valence-electron chi connectivity index (χ3n) is 2.55. The van der Waals surface area contributed by atoms with Gasteiger partial charge < -0.3 is 0 Å². The van der Waals surface area contributed by atoms with Gasteiger partial charge in [-0.2, -0.15) is 0 Å². The van der Waals surface area contributed by atoms with Crippen LogP contribution < -0.4 is 4.72 Å². The van der Waals surface area contributed by atoms with Gasteiger partial charge in [0.2, 0.25) is 0 Å². The number of nitrogens with one attached hydrogen (secondary N) is 1. The van der Waals surface area contributed by atoms with Crippen molar-refractivity contribution in [3.8, 4) is 0 Å². The van der Waals surface area contributed by atoms with Gasteiger partial charge in [-0.3, -0.25) is 4.72 Å². The molecule has 6 heteroatoms. The maximum absolute atomic E-state index is 13.4. The number of benzene rings is 2. The molecule has 0 aliphatic rings. The molecule has 3 nitrogen and oxygen atoms in total. The maximum atomic E-state index is 13.4. The van der Waals surface area contributed by atoms with E-state index in [9.17, 15) is 17.2 Å². The fourth-order valence-electron chi connectivity index (χ4n) is 1.53. The topological polar surface area (TPSA) is 46.2 Å². The molecule has 1 N–H and O–H groups in total. The molecule has 0 spiro atoms. The van der Waals surface area contributed by atoms with Crippen LogP contribution in [0.3, 0.4) is 0 Å². The van der Waals surface area contributed by atoms with Gasteiger partial charge in [-0.15, -0.1) is 0 Å². The predicted molar refractivity (Wildman–Crippen MR) is 68.3 cm³/mol. The molecule has 0 saturated heterocycles. The highest BCUT2D eigenvalue weighted by molar-refractivity contribution is 7.92. The first-order valence-corrected chi connectivity index (χ1v) is 6.92. The lowest BCUT2D eigenvalue weighted by Crippen LogP contribution is -2.14. The fourth-order valence-corrected chi connectivity index (χ4v) is 2.66. The summed E-state index contributed by atoms with van der Waals surface area (Å²) in [5.74, 6) is -1.39. The first-order valence-electron chi connectivity index (χ1n) is 5.43. The van der Waals surface area contributed by atoms with Gasteiger partial charge in [0, 0.05) is 0 Å². The number of aryl methyl sites for hydroxylation is 1. The second kappa shape index (κ2) is 4.97. The lowest BCUT2D eigenvalue weighted by Gasteiger charge is -2.09. The van der Waals surface area contributed by atoms with Crippen molar-refractivity contribution < 1.29 is 17.2 Å². The van der Waals surface area contributed by atoms with E-state index in [4.69, 9.17) is 0 Å². The molecule has 2 rings (SSSR count). The normalized spacial score (nSPS) is 11.3. The summed E-state index contributed by atoms with van der Waals surface area (Å²) in [6.45, 7) is 1.56. The van der Waals surface area contributed by atoms with Crippen molar-refractivity contribution >= 4 is 15.7 Å². The Morgan fingerprint density at radius 3 is 2.32 bits per heavy atom. The van der Waals surface area contributed by atoms with Gasteiger partial charge in [0.1, 0.15) is 16.5 Å². The number of sulfonamides is 1. The van der Waals surface area contributed by atoms with Crippen LogP contribution in [0.4, 0.5) is 14.5 Å². The second-order valence-corrected chi connectivity index (χ2v) is 5.65. The van der Waals surface area contributed by atoms with E-state index in [-0.39, 0.29) is 5.69 Å². The molecule has 0 bridgehead atoms. The molecule has 0 atom stereocenters. The fraction of sp³-hybridized carbons (Fsp3) is 0.0769. The molecule has 0 radical (unpaired) electrons. The summed E-state index contributed by atoms with van der Waals surface area (Å²) in [6, 6.07) is 8.89. The Labute approximate surface area is 109 Å². The summed E-state index contributed by atoms with van der Waals surface area (Å²) in [4.78, 5) is -0.476. The van der Waals surface area contributed by atoms with Crippen molar-refractivity contribution in [2.45, 2.75) is 11.8 Å². The van der Waals surface area contributed by atoms with Gasteiger partial charge in [0.05, 0.1) is 5.69 Å². The molecule has 0 aliphatic heterocycles. The summed E-state index contributed by atoms with van der Waals surface area (Å²) in [5, 5.41) is 0. The van der Waals surface area contributed by atoms with E-state index < -0.39 is 26.6 Å². The molecule has 0 aromatic heterocycles. The first kappa shape index (κ1) is 13.5. The van der Waals surface area contributed by atoms with Crippen LogP contribution in [0.5, 0.6) is 0 Å². The SMILES string of the molecule is Cc1ccc(NS(=O)(=O)c2ccccc2F)cc1F. The lowest BCUT2D eigenvalue weighted by atomic mass is 10.2. The Bertz CT molecular complexity index is 714. The molecule has 0 aliphatic carbocycles. The van der Waals surface area contributed by atoms with Gasteiger partial charge in [0.25, 0.3) is 10.0 Å². The van der Waals surface area contributed by atoms with E-state index in [0.717, 1.165) is 18.2 Å². The second-order valence-electron chi connectivity index (χ2n) is 4.00. The molecule has 2 aromatic carbocycles. The third kappa shape index (κ3) is 2.90. The Balaban J connectivity index is 2.37. The monoisotopic (exact) mass is 283 g/mol. The van der Waals surface area contributed by atoms with Crippen LogP contribution in [0.25, 0.3) is 0 Å². The third-order valence-corrected chi connectivity index (χ3v) is 3.96. The van der Waals surface area contributed by atoms with Crippen molar-refractivity contribution in [3.63, 3.8) is 0 Å². The molecular weight excluding hydrogens is 272 g/mol. The predicted octanol–water partition coefficient (Wildman–Crippen LogP) is 3.07. The Kier molecular flexibility index (Phi) is 3.53. The van der Waals surface area contributed by atoms with Crippen LogP contribution in [0, 0.1) is 18.6 Å². The quantitative estimate of drug-likeness (QED) is 0.941. The summed E-state index contributed by atoms with van der Waals surface area (Å²) in [6.07, 6.45) is 0. The van der Waals surface area contributed by atoms with E-state index in [0.29, 0.717) is 5.56 Å². The zero-order chi connectivity index (χ0) is 14.0. The van der Waals surface area contributed by atoms with Gasteiger partial charge in [-0.1, -0.05) is 18.2 Å². The molecule has 0 unspecified atom stereocenters. The number of hydrogen-bond acceptors (Lipinski definition) is 2. The molecule has 0 saturated carbocycles. The van der Waals surface area contributed by atoms with E-state index in [1.807, 2.05) is 0 Å². The maximum Gasteiger partial charge on any atom is 0.264 e. The minimum atomic E-state index is -4.07. The van der Waals surface area contributed by atoms with E-state index in [1.54, 1.807) is 6.92 Å². The van der Waals surface area contributed by atoms with Crippen LogP contribution in [-0.2, 0) is 10.0 Å². The van der Waals surface area contributed by atoms with Crippen molar-refractivity contribution in [1.82, 2.24) is 0 Å². The Hall–Kier alpha value is -1.95. The highest BCUT2D eigenvalue weighted by Gasteiger charge is 2.18. The van der Waals surface area contributed by atoms with Crippen molar-refractivity contribution in [1.29, 1.82) is 0 Å². The van der Waals surface area contributed by atoms with Crippen LogP contribution in [0.1, 0.15) is 5.56 Å². The van der Waals surface area contributed by atoms with Crippen molar-refractivity contribution in [3.05, 3.63) is 59.7 Å². The molecule has 0 heterocycles. The Morgan fingerprint density at radius 2 is 1.68 bits per heavy atom. The number of anilines is 1. The van der Waals surface area contributed by atoms with Crippen LogP contribution in [0.2, 0.25) is 0 Å². The van der Waals surface area contributed by atoms with Gasteiger partial charge in [-0.25, -0.2) is 17.2 Å². The van der Waals surface area contributed by atoms with Crippen molar-refractivity contribution in [2.24, 2.45) is 0 Å². The average molecular weight is 283 g/mol. The zero-order valence-corrected chi connectivity index (χ0v) is 10.8. The summed E-state index contributed by atoms with van der Waals surface area (Å²) < 4.78 is 52.8. The van der Waals surface area contributed by atoms with Crippen molar-refractivity contribution in [2.75, 3.05) is 4.72 Å². The van der Waals surface area contributed by atoms with Crippen LogP contribution >= 0.6 is 0 Å². The largest absolute Gasteiger partial charge is 0.279 e. The number of hydrogen-bond donors (Lipinski definition) is 1. The Morgan fingerprint density at radius 1 is 1.00 bits per heavy atom. The molecule has 2 aromatic rings. The van der Waals surface area contributed by atoms with E-state index in [2.05, 4.69) is 4.72 Å². The minimum absolute atomic E-state index is 0.0475. The smallest absolute Gasteiger partial charge is 0.264 e. The van der Waals surface area contributed by atoms with E-state index in [1.165, 1.54) is 24.3 Å². The highest BCUT2D eigenvalue weighted by Crippen LogP contribution is 2.20. The van der Waals surface area contributed by atoms with Gasteiger partial charge >= 0.3 is 0 Å². The average Bonchev–Trinajstić information content (AvgIpc) is 2.34. The lowest BCUT2D eigenvalue weighted by molar-refractivity contribution is 0.570. The molecular formula is C13H11F2NO2S. The molecule has 0 fully saturated rings. The summed E-state index contributed by atoms with van der Waals surface area (Å²) in [5.41, 5.74) is 0.445. The van der Waals surface area contributed by atoms with Gasteiger partial charge in [0.15, 0.2) is 0 Å². The summed E-state index contributed by atoms with van der Waals surface area (Å²) >= 11 is 0.